The van der Waals surface area contributed by atoms with Crippen LogP contribution in [0.3, 0.4) is 0 Å². The maximum atomic E-state index is 5.23. The van der Waals surface area contributed by atoms with Crippen molar-refractivity contribution in [2.24, 2.45) is 11.8 Å². The molecule has 1 aliphatic rings. The first-order chi connectivity index (χ1) is 4.30. The second kappa shape index (κ2) is 3.18. The largest absolute Gasteiger partial charge is 0.366 e. The monoisotopic (exact) mass is 129 g/mol. The summed E-state index contributed by atoms with van der Waals surface area (Å²) in [6, 6.07) is 0. The summed E-state index contributed by atoms with van der Waals surface area (Å²) < 4.78 is 5.23. The first-order valence-corrected chi connectivity index (χ1v) is 3.59. The summed E-state index contributed by atoms with van der Waals surface area (Å²) in [4.78, 5) is 0. The maximum absolute atomic E-state index is 5.23. The van der Waals surface area contributed by atoms with E-state index in [1.165, 1.54) is 0 Å². The van der Waals surface area contributed by atoms with E-state index in [0.717, 1.165) is 31.7 Å². The van der Waals surface area contributed by atoms with Crippen molar-refractivity contribution in [3.63, 3.8) is 0 Å². The normalized spacial score (nSPS) is 29.0. The van der Waals surface area contributed by atoms with Crippen LogP contribution in [0, 0.1) is 11.8 Å². The van der Waals surface area contributed by atoms with E-state index in [4.69, 9.17) is 4.74 Å². The Labute approximate surface area is 56.6 Å². The molecule has 2 heteroatoms. The fraction of sp³-hybridized carbons (Fsp3) is 1.00. The van der Waals surface area contributed by atoms with Gasteiger partial charge in [0.1, 0.15) is 0 Å². The highest BCUT2D eigenvalue weighted by Gasteiger charge is 2.15. The molecule has 0 amide bonds. The standard InChI is InChI=1S/C7H15NO/c1-6(2)7-3-8-5-9-4-7/h6-8H,3-5H2,1-2H3. The van der Waals surface area contributed by atoms with Crippen molar-refractivity contribution < 1.29 is 4.74 Å². The molecule has 1 fully saturated rings. The molecule has 0 aliphatic carbocycles. The number of hydrogen-bond acceptors (Lipinski definition) is 2. The summed E-state index contributed by atoms with van der Waals surface area (Å²) in [5.74, 6) is 1.47. The van der Waals surface area contributed by atoms with Gasteiger partial charge < -0.3 is 4.74 Å². The van der Waals surface area contributed by atoms with E-state index in [1.807, 2.05) is 0 Å². The van der Waals surface area contributed by atoms with Crippen LogP contribution in [0.15, 0.2) is 0 Å². The van der Waals surface area contributed by atoms with Crippen molar-refractivity contribution in [2.75, 3.05) is 19.9 Å². The molecule has 0 bridgehead atoms. The molecule has 1 atom stereocenters. The van der Waals surface area contributed by atoms with Gasteiger partial charge in [-0.05, 0) is 11.8 Å². The summed E-state index contributed by atoms with van der Waals surface area (Å²) >= 11 is 0. The van der Waals surface area contributed by atoms with E-state index >= 15 is 0 Å². The van der Waals surface area contributed by atoms with Gasteiger partial charge in [-0.1, -0.05) is 13.8 Å². The van der Waals surface area contributed by atoms with Crippen molar-refractivity contribution in [3.05, 3.63) is 0 Å². The Kier molecular flexibility index (Phi) is 2.49. The Morgan fingerprint density at radius 1 is 1.56 bits per heavy atom. The molecule has 9 heavy (non-hydrogen) atoms. The van der Waals surface area contributed by atoms with Gasteiger partial charge in [-0.2, -0.15) is 0 Å². The highest BCUT2D eigenvalue weighted by atomic mass is 16.5. The third-order valence-corrected chi connectivity index (χ3v) is 1.89. The van der Waals surface area contributed by atoms with Gasteiger partial charge in [-0.3, -0.25) is 5.32 Å². The molecule has 0 aromatic carbocycles. The van der Waals surface area contributed by atoms with Crippen LogP contribution in [0.1, 0.15) is 13.8 Å². The quantitative estimate of drug-likeness (QED) is 0.566. The van der Waals surface area contributed by atoms with Gasteiger partial charge in [0.25, 0.3) is 0 Å². The van der Waals surface area contributed by atoms with Gasteiger partial charge in [0, 0.05) is 6.54 Å². The minimum Gasteiger partial charge on any atom is -0.366 e. The molecule has 1 heterocycles. The molecule has 0 aromatic heterocycles. The van der Waals surface area contributed by atoms with Crippen LogP contribution in [-0.4, -0.2) is 19.9 Å². The third-order valence-electron chi connectivity index (χ3n) is 1.89. The number of ether oxygens (including phenoxy) is 1. The molecule has 1 saturated heterocycles. The highest BCUT2D eigenvalue weighted by molar-refractivity contribution is 4.67. The van der Waals surface area contributed by atoms with E-state index in [-0.39, 0.29) is 0 Å². The first kappa shape index (κ1) is 7.03. The zero-order valence-electron chi connectivity index (χ0n) is 6.18. The smallest absolute Gasteiger partial charge is 0.0965 e. The summed E-state index contributed by atoms with van der Waals surface area (Å²) in [5.41, 5.74) is 0. The molecular weight excluding hydrogens is 114 g/mol. The lowest BCUT2D eigenvalue weighted by Gasteiger charge is -2.25. The predicted octanol–water partition coefficient (Wildman–Crippen LogP) is 0.836. The van der Waals surface area contributed by atoms with Crippen LogP contribution < -0.4 is 5.32 Å². The lowest BCUT2D eigenvalue weighted by Crippen LogP contribution is -2.37. The molecule has 2 nitrogen and oxygen atoms in total. The zero-order valence-corrected chi connectivity index (χ0v) is 6.18. The van der Waals surface area contributed by atoms with Crippen LogP contribution in [0.2, 0.25) is 0 Å². The summed E-state index contributed by atoms with van der Waals surface area (Å²) in [6.07, 6.45) is 0. The molecule has 54 valence electrons. The van der Waals surface area contributed by atoms with Crippen LogP contribution in [0.5, 0.6) is 0 Å². The fourth-order valence-electron chi connectivity index (χ4n) is 1.01. The average Bonchev–Trinajstić information content (AvgIpc) is 1.90. The van der Waals surface area contributed by atoms with Gasteiger partial charge in [-0.25, -0.2) is 0 Å². The number of rotatable bonds is 1. The van der Waals surface area contributed by atoms with Crippen molar-refractivity contribution in [1.29, 1.82) is 0 Å². The topological polar surface area (TPSA) is 21.3 Å². The van der Waals surface area contributed by atoms with E-state index in [1.54, 1.807) is 0 Å². The minimum atomic E-state index is 0.721. The minimum absolute atomic E-state index is 0.721. The first-order valence-electron chi connectivity index (χ1n) is 3.59. The highest BCUT2D eigenvalue weighted by Crippen LogP contribution is 2.11. The Hall–Kier alpha value is -0.0800. The third kappa shape index (κ3) is 1.95. The number of hydrogen-bond donors (Lipinski definition) is 1. The Morgan fingerprint density at radius 2 is 2.33 bits per heavy atom. The van der Waals surface area contributed by atoms with Crippen LogP contribution >= 0.6 is 0 Å². The lowest BCUT2D eigenvalue weighted by molar-refractivity contribution is 0.0301. The average molecular weight is 129 g/mol. The van der Waals surface area contributed by atoms with Crippen LogP contribution in [0.25, 0.3) is 0 Å². The van der Waals surface area contributed by atoms with Crippen LogP contribution in [-0.2, 0) is 4.74 Å². The number of nitrogens with one attached hydrogen (secondary N) is 1. The maximum Gasteiger partial charge on any atom is 0.0965 e. The molecule has 1 N–H and O–H groups in total. The second-order valence-corrected chi connectivity index (χ2v) is 2.97. The molecule has 0 radical (unpaired) electrons. The Bertz CT molecular complexity index is 77.0. The second-order valence-electron chi connectivity index (χ2n) is 2.97. The van der Waals surface area contributed by atoms with Gasteiger partial charge in [-0.15, -0.1) is 0 Å². The molecular formula is C7H15NO. The molecule has 0 aromatic rings. The fourth-order valence-corrected chi connectivity index (χ4v) is 1.01. The van der Waals surface area contributed by atoms with Crippen LogP contribution in [0.4, 0.5) is 0 Å². The van der Waals surface area contributed by atoms with Gasteiger partial charge in [0.15, 0.2) is 0 Å². The van der Waals surface area contributed by atoms with Gasteiger partial charge in [0.05, 0.1) is 13.3 Å². The van der Waals surface area contributed by atoms with Gasteiger partial charge >= 0.3 is 0 Å². The molecule has 1 rings (SSSR count). The summed E-state index contributed by atoms with van der Waals surface area (Å²) in [5, 5.41) is 3.19. The lowest BCUT2D eigenvalue weighted by atomic mass is 9.96. The molecule has 0 spiro atoms. The van der Waals surface area contributed by atoms with E-state index in [2.05, 4.69) is 19.2 Å². The molecule has 1 unspecified atom stereocenters. The zero-order chi connectivity index (χ0) is 6.69. The Balaban J connectivity index is 2.23. The molecule has 1 aliphatic heterocycles. The van der Waals surface area contributed by atoms with E-state index in [0.29, 0.717) is 0 Å². The molecule has 0 saturated carbocycles. The van der Waals surface area contributed by atoms with E-state index in [9.17, 15) is 0 Å². The van der Waals surface area contributed by atoms with Gasteiger partial charge in [0.2, 0.25) is 0 Å². The summed E-state index contributed by atoms with van der Waals surface area (Å²) in [6.45, 7) is 7.27. The van der Waals surface area contributed by atoms with Crippen molar-refractivity contribution in [1.82, 2.24) is 5.32 Å². The van der Waals surface area contributed by atoms with E-state index < -0.39 is 0 Å². The summed E-state index contributed by atoms with van der Waals surface area (Å²) in [7, 11) is 0. The predicted molar refractivity (Wildman–Crippen MR) is 37.1 cm³/mol. The van der Waals surface area contributed by atoms with Crippen molar-refractivity contribution in [2.45, 2.75) is 13.8 Å². The van der Waals surface area contributed by atoms with Crippen molar-refractivity contribution >= 4 is 0 Å². The SMILES string of the molecule is CC(C)C1CNCOC1. The Morgan fingerprint density at radius 3 is 2.67 bits per heavy atom. The van der Waals surface area contributed by atoms with Crippen molar-refractivity contribution in [3.8, 4) is 0 Å².